The minimum Gasteiger partial charge on any atom is -0.457 e. The summed E-state index contributed by atoms with van der Waals surface area (Å²) in [6.07, 6.45) is 0. The Kier molecular flexibility index (Phi) is 4.79. The summed E-state index contributed by atoms with van der Waals surface area (Å²) in [4.78, 5) is 21.0. The molecule has 0 aliphatic heterocycles. The number of ether oxygens (including phenoxy) is 1. The molecule has 7 heteroatoms. The molecule has 0 aliphatic rings. The van der Waals surface area contributed by atoms with E-state index in [1.165, 1.54) is 0 Å². The molecular formula is C11H13N3O4. The van der Waals surface area contributed by atoms with Crippen molar-refractivity contribution in [1.82, 2.24) is 0 Å². The van der Waals surface area contributed by atoms with Gasteiger partial charge in [0.15, 0.2) is 0 Å². The molecule has 0 spiro atoms. The molecule has 0 atom stereocenters. The van der Waals surface area contributed by atoms with Gasteiger partial charge >= 0.3 is 11.8 Å². The quantitative estimate of drug-likeness (QED) is 0.289. The van der Waals surface area contributed by atoms with Crippen LogP contribution in [0.3, 0.4) is 0 Å². The molecule has 0 saturated carbocycles. The summed E-state index contributed by atoms with van der Waals surface area (Å²) in [5, 5.41) is 14.1. The smallest absolute Gasteiger partial charge is 0.457 e. The molecule has 0 amide bonds. The van der Waals surface area contributed by atoms with Crippen molar-refractivity contribution in [3.05, 3.63) is 39.9 Å². The van der Waals surface area contributed by atoms with Crippen LogP contribution in [0.15, 0.2) is 29.4 Å². The average Bonchev–Trinajstić information content (AvgIpc) is 2.31. The number of carbonyl (C=O) groups excluding carboxylic acids is 1. The van der Waals surface area contributed by atoms with Crippen LogP contribution in [0.5, 0.6) is 0 Å². The van der Waals surface area contributed by atoms with Crippen LogP contribution in [0.2, 0.25) is 0 Å². The van der Waals surface area contributed by atoms with Crippen LogP contribution >= 0.6 is 0 Å². The van der Waals surface area contributed by atoms with Gasteiger partial charge in [0.05, 0.1) is 17.4 Å². The van der Waals surface area contributed by atoms with E-state index < -0.39 is 16.7 Å². The number of anilines is 1. The fraction of sp³-hybridized carbons (Fsp3) is 0.273. The molecule has 0 fully saturated rings. The van der Waals surface area contributed by atoms with Crippen molar-refractivity contribution < 1.29 is 14.5 Å². The Balaban J connectivity index is 2.88. The van der Waals surface area contributed by atoms with Crippen molar-refractivity contribution >= 4 is 17.5 Å². The molecule has 96 valence electrons. The lowest BCUT2D eigenvalue weighted by atomic mass is 10.2. The van der Waals surface area contributed by atoms with E-state index in [1.54, 1.807) is 19.1 Å². The third kappa shape index (κ3) is 3.55. The zero-order valence-electron chi connectivity index (χ0n) is 10.0. The number of hydrazone groups is 1. The normalized spacial score (nSPS) is 10.9. The summed E-state index contributed by atoms with van der Waals surface area (Å²) in [5.41, 5.74) is 3.92. The SMILES string of the molecule is CCOC(=O)/C(=N/Nc1ccccc1C)[N+](=O)[O-]. The summed E-state index contributed by atoms with van der Waals surface area (Å²) in [6.45, 7) is 3.42. The topological polar surface area (TPSA) is 93.8 Å². The summed E-state index contributed by atoms with van der Waals surface area (Å²) in [6, 6.07) is 7.08. The van der Waals surface area contributed by atoms with Crippen molar-refractivity contribution in [3.8, 4) is 0 Å². The number of nitrogens with one attached hydrogen (secondary N) is 1. The number of nitro groups is 1. The van der Waals surface area contributed by atoms with E-state index in [1.807, 2.05) is 19.1 Å². The maximum Gasteiger partial charge on any atom is 0.473 e. The molecule has 0 aliphatic carbocycles. The Hall–Kier alpha value is -2.44. The molecular weight excluding hydrogens is 238 g/mol. The Labute approximate surface area is 104 Å². The highest BCUT2D eigenvalue weighted by molar-refractivity contribution is 6.31. The lowest BCUT2D eigenvalue weighted by Crippen LogP contribution is -2.26. The Morgan fingerprint density at radius 3 is 2.72 bits per heavy atom. The minimum atomic E-state index is -1.07. The van der Waals surface area contributed by atoms with Crippen LogP contribution in [0, 0.1) is 17.0 Å². The number of esters is 1. The van der Waals surface area contributed by atoms with E-state index in [4.69, 9.17) is 0 Å². The Morgan fingerprint density at radius 1 is 1.50 bits per heavy atom. The predicted octanol–water partition coefficient (Wildman–Crippen LogP) is 1.56. The van der Waals surface area contributed by atoms with Crippen LogP contribution in [0.4, 0.5) is 5.69 Å². The minimum absolute atomic E-state index is 0.0516. The van der Waals surface area contributed by atoms with Gasteiger partial charge in [0, 0.05) is 0 Å². The van der Waals surface area contributed by atoms with E-state index in [0.29, 0.717) is 5.69 Å². The number of benzene rings is 1. The molecule has 0 unspecified atom stereocenters. The van der Waals surface area contributed by atoms with Gasteiger partial charge in [0.1, 0.15) is 0 Å². The van der Waals surface area contributed by atoms with Gasteiger partial charge in [-0.1, -0.05) is 18.2 Å². The zero-order valence-corrected chi connectivity index (χ0v) is 10.0. The highest BCUT2D eigenvalue weighted by Crippen LogP contribution is 2.12. The van der Waals surface area contributed by atoms with Gasteiger partial charge in [-0.3, -0.25) is 0 Å². The summed E-state index contributed by atoms with van der Waals surface area (Å²) >= 11 is 0. The second-order valence-electron chi connectivity index (χ2n) is 3.34. The average molecular weight is 251 g/mol. The number of nitrogens with zero attached hydrogens (tertiary/aromatic N) is 2. The highest BCUT2D eigenvalue weighted by Gasteiger charge is 2.26. The van der Waals surface area contributed by atoms with Gasteiger partial charge in [0.2, 0.25) is 0 Å². The lowest BCUT2D eigenvalue weighted by Gasteiger charge is -2.01. The molecule has 7 nitrogen and oxygen atoms in total. The van der Waals surface area contributed by atoms with Crippen molar-refractivity contribution in [1.29, 1.82) is 0 Å². The van der Waals surface area contributed by atoms with Crippen LogP contribution in [0.1, 0.15) is 12.5 Å². The number of aryl methyl sites for hydroxylation is 1. The fourth-order valence-electron chi connectivity index (χ4n) is 1.17. The highest BCUT2D eigenvalue weighted by atomic mass is 16.6. The number of amidine groups is 1. The number of rotatable bonds is 3. The maximum absolute atomic E-state index is 11.3. The molecule has 1 rings (SSSR count). The molecule has 0 bridgehead atoms. The van der Waals surface area contributed by atoms with Crippen LogP contribution < -0.4 is 5.43 Å². The van der Waals surface area contributed by atoms with Crippen LogP contribution in [-0.2, 0) is 9.53 Å². The van der Waals surface area contributed by atoms with E-state index in [0.717, 1.165) is 5.56 Å². The van der Waals surface area contributed by atoms with Crippen LogP contribution in [0.25, 0.3) is 0 Å². The second kappa shape index (κ2) is 6.33. The Bertz CT molecular complexity index is 485. The fourth-order valence-corrected chi connectivity index (χ4v) is 1.17. The summed E-state index contributed by atoms with van der Waals surface area (Å²) < 4.78 is 4.53. The first kappa shape index (κ1) is 13.6. The Morgan fingerprint density at radius 2 is 2.17 bits per heavy atom. The molecule has 18 heavy (non-hydrogen) atoms. The molecule has 0 aromatic heterocycles. The molecule has 1 N–H and O–H groups in total. The maximum atomic E-state index is 11.3. The molecule has 1 aromatic rings. The van der Waals surface area contributed by atoms with Crippen molar-refractivity contribution in [3.63, 3.8) is 0 Å². The van der Waals surface area contributed by atoms with Crippen molar-refractivity contribution in [2.24, 2.45) is 5.10 Å². The molecule has 0 radical (unpaired) electrons. The van der Waals surface area contributed by atoms with Gasteiger partial charge in [-0.2, -0.15) is 5.43 Å². The van der Waals surface area contributed by atoms with Gasteiger partial charge in [-0.05, 0) is 30.4 Å². The standard InChI is InChI=1S/C11H13N3O4/c1-3-18-11(15)10(14(16)17)13-12-9-7-5-4-6-8(9)2/h4-7,12H,3H2,1-2H3/b13-10-. The number of carbonyl (C=O) groups is 1. The third-order valence-electron chi connectivity index (χ3n) is 2.06. The van der Waals surface area contributed by atoms with Crippen molar-refractivity contribution in [2.45, 2.75) is 13.8 Å². The first-order valence-corrected chi connectivity index (χ1v) is 5.27. The zero-order chi connectivity index (χ0) is 13.5. The van der Waals surface area contributed by atoms with Gasteiger partial charge in [-0.15, -0.1) is 0 Å². The first-order chi connectivity index (χ1) is 8.56. The van der Waals surface area contributed by atoms with E-state index in [9.17, 15) is 14.9 Å². The van der Waals surface area contributed by atoms with E-state index in [-0.39, 0.29) is 6.61 Å². The van der Waals surface area contributed by atoms with Gasteiger partial charge in [0.25, 0.3) is 0 Å². The molecule has 0 heterocycles. The second-order valence-corrected chi connectivity index (χ2v) is 3.34. The summed E-state index contributed by atoms with van der Waals surface area (Å²) in [5.74, 6) is -1.94. The van der Waals surface area contributed by atoms with Gasteiger partial charge in [-0.25, -0.2) is 4.79 Å². The number of hydrogen-bond donors (Lipinski definition) is 1. The number of hydrogen-bond acceptors (Lipinski definition) is 6. The van der Waals surface area contributed by atoms with Gasteiger partial charge < -0.3 is 14.9 Å². The molecule has 1 aromatic carbocycles. The van der Waals surface area contributed by atoms with E-state index >= 15 is 0 Å². The lowest BCUT2D eigenvalue weighted by molar-refractivity contribution is -0.350. The monoisotopic (exact) mass is 251 g/mol. The third-order valence-corrected chi connectivity index (χ3v) is 2.06. The predicted molar refractivity (Wildman–Crippen MR) is 65.9 cm³/mol. The van der Waals surface area contributed by atoms with E-state index in [2.05, 4.69) is 15.3 Å². The van der Waals surface area contributed by atoms with Crippen molar-refractivity contribution in [2.75, 3.05) is 12.0 Å². The molecule has 0 saturated heterocycles. The first-order valence-electron chi connectivity index (χ1n) is 5.27. The van der Waals surface area contributed by atoms with Crippen LogP contribution in [-0.4, -0.2) is 23.3 Å². The largest absolute Gasteiger partial charge is 0.473 e. The summed E-state index contributed by atoms with van der Waals surface area (Å²) in [7, 11) is 0. The number of para-hydroxylation sites is 1.